The molecular weight excluding hydrogens is 337 g/mol. The quantitative estimate of drug-likeness (QED) is 0.529. The molecule has 0 atom stereocenters. The summed E-state index contributed by atoms with van der Waals surface area (Å²) in [6.07, 6.45) is 2.88. The van der Waals surface area contributed by atoms with Crippen LogP contribution in [0, 0.1) is 5.82 Å². The average molecular weight is 364 g/mol. The van der Waals surface area contributed by atoms with E-state index in [0.717, 1.165) is 38.2 Å². The first-order chi connectivity index (χ1) is 12.1. The van der Waals surface area contributed by atoms with E-state index in [1.54, 1.807) is 10.7 Å². The van der Waals surface area contributed by atoms with Crippen LogP contribution in [0.1, 0.15) is 25.8 Å². The molecule has 0 spiro atoms. The molecule has 0 saturated carbocycles. The molecule has 5 nitrogen and oxygen atoms in total. The van der Waals surface area contributed by atoms with E-state index < -0.39 is 0 Å². The maximum atomic E-state index is 13.2. The van der Waals surface area contributed by atoms with Crippen molar-refractivity contribution in [2.75, 3.05) is 31.5 Å². The summed E-state index contributed by atoms with van der Waals surface area (Å²) in [5.41, 5.74) is 0.867. The minimum atomic E-state index is -0.238. The van der Waals surface area contributed by atoms with E-state index >= 15 is 0 Å². The van der Waals surface area contributed by atoms with Crippen molar-refractivity contribution >= 4 is 23.1 Å². The minimum absolute atomic E-state index is 0.238. The molecule has 2 aromatic rings. The van der Waals surface area contributed by atoms with Gasteiger partial charge in [-0.2, -0.15) is 5.10 Å². The Morgan fingerprint density at radius 3 is 2.80 bits per heavy atom. The van der Waals surface area contributed by atoms with Crippen LogP contribution in [-0.4, -0.2) is 46.0 Å². The fraction of sp³-hybridized carbons (Fsp3) is 0.444. The summed E-state index contributed by atoms with van der Waals surface area (Å²) in [5, 5.41) is 11.2. The Morgan fingerprint density at radius 2 is 2.08 bits per heavy atom. The molecule has 0 unspecified atom stereocenters. The second-order valence-electron chi connectivity index (χ2n) is 5.79. The minimum Gasteiger partial charge on any atom is -0.362 e. The van der Waals surface area contributed by atoms with Crippen LogP contribution < -0.4 is 10.6 Å². The number of benzene rings is 1. The highest BCUT2D eigenvalue weighted by Crippen LogP contribution is 2.08. The van der Waals surface area contributed by atoms with Crippen LogP contribution in [0.15, 0.2) is 36.5 Å². The number of anilines is 1. The normalized spacial score (nSPS) is 10.9. The van der Waals surface area contributed by atoms with Gasteiger partial charge >= 0.3 is 0 Å². The molecule has 0 saturated heterocycles. The smallest absolute Gasteiger partial charge is 0.171 e. The molecule has 0 fully saturated rings. The maximum absolute atomic E-state index is 13.2. The molecule has 7 heteroatoms. The van der Waals surface area contributed by atoms with E-state index in [-0.39, 0.29) is 5.82 Å². The van der Waals surface area contributed by atoms with Crippen LogP contribution in [0.25, 0.3) is 0 Å². The van der Waals surface area contributed by atoms with Crippen molar-refractivity contribution in [2.24, 2.45) is 0 Å². The molecule has 0 aliphatic carbocycles. The van der Waals surface area contributed by atoms with Gasteiger partial charge in [0.05, 0.1) is 6.54 Å². The van der Waals surface area contributed by atoms with Crippen LogP contribution in [0.5, 0.6) is 0 Å². The Hall–Kier alpha value is -1.99. The molecule has 0 aliphatic rings. The van der Waals surface area contributed by atoms with Crippen molar-refractivity contribution < 1.29 is 4.39 Å². The average Bonchev–Trinajstić information content (AvgIpc) is 3.02. The molecular formula is C18H26FN5S. The number of hydrogen-bond acceptors (Lipinski definition) is 3. The van der Waals surface area contributed by atoms with Crippen LogP contribution in [0.4, 0.5) is 10.2 Å². The van der Waals surface area contributed by atoms with Gasteiger partial charge in [-0.25, -0.2) is 4.39 Å². The number of aromatic nitrogens is 2. The lowest BCUT2D eigenvalue weighted by Gasteiger charge is -2.18. The molecule has 2 N–H and O–H groups in total. The predicted molar refractivity (Wildman–Crippen MR) is 104 cm³/mol. The Kier molecular flexibility index (Phi) is 7.81. The largest absolute Gasteiger partial charge is 0.362 e. The third-order valence-corrected chi connectivity index (χ3v) is 4.19. The molecule has 2 rings (SSSR count). The van der Waals surface area contributed by atoms with Gasteiger partial charge in [0.25, 0.3) is 0 Å². The number of rotatable bonds is 9. The van der Waals surface area contributed by atoms with Gasteiger partial charge in [0.15, 0.2) is 10.9 Å². The summed E-state index contributed by atoms with van der Waals surface area (Å²) >= 11 is 5.29. The molecule has 0 bridgehead atoms. The van der Waals surface area contributed by atoms with Gasteiger partial charge in [-0.1, -0.05) is 26.0 Å². The lowest BCUT2D eigenvalue weighted by Crippen LogP contribution is -2.32. The van der Waals surface area contributed by atoms with Gasteiger partial charge in [0, 0.05) is 18.8 Å². The summed E-state index contributed by atoms with van der Waals surface area (Å²) in [4.78, 5) is 2.38. The predicted octanol–water partition coefficient (Wildman–Crippen LogP) is 3.09. The first-order valence-corrected chi connectivity index (χ1v) is 9.06. The Morgan fingerprint density at radius 1 is 1.28 bits per heavy atom. The van der Waals surface area contributed by atoms with Crippen molar-refractivity contribution in [1.29, 1.82) is 0 Å². The lowest BCUT2D eigenvalue weighted by molar-refractivity contribution is 0.300. The number of halogens is 1. The first kappa shape index (κ1) is 19.3. The van der Waals surface area contributed by atoms with E-state index in [4.69, 9.17) is 12.2 Å². The van der Waals surface area contributed by atoms with E-state index in [1.807, 2.05) is 18.3 Å². The molecule has 136 valence electrons. The molecule has 1 aromatic heterocycles. The standard InChI is InChI=1S/C18H26FN5S/c1-3-23(4-2)11-6-10-20-18(25)21-17-9-12-24(22-17)14-15-7-5-8-16(19)13-15/h5,7-9,12-13H,3-4,6,10-11,14H2,1-2H3,(H2,20,21,22,25). The van der Waals surface area contributed by atoms with Crippen LogP contribution in [0.3, 0.4) is 0 Å². The van der Waals surface area contributed by atoms with Gasteiger partial charge in [-0.3, -0.25) is 4.68 Å². The van der Waals surface area contributed by atoms with E-state index in [0.29, 0.717) is 17.5 Å². The molecule has 25 heavy (non-hydrogen) atoms. The Bertz CT molecular complexity index is 669. The summed E-state index contributed by atoms with van der Waals surface area (Å²) in [7, 11) is 0. The van der Waals surface area contributed by atoms with Gasteiger partial charge in [-0.05, 0) is 56.0 Å². The zero-order valence-corrected chi connectivity index (χ0v) is 15.7. The summed E-state index contributed by atoms with van der Waals surface area (Å²) in [6.45, 7) is 8.89. The van der Waals surface area contributed by atoms with Crippen LogP contribution >= 0.6 is 12.2 Å². The molecule has 1 aromatic carbocycles. The van der Waals surface area contributed by atoms with Crippen molar-refractivity contribution in [1.82, 2.24) is 20.0 Å². The maximum Gasteiger partial charge on any atom is 0.171 e. The highest BCUT2D eigenvalue weighted by Gasteiger charge is 2.04. The fourth-order valence-electron chi connectivity index (χ4n) is 2.54. The second kappa shape index (κ2) is 10.1. The zero-order chi connectivity index (χ0) is 18.1. The van der Waals surface area contributed by atoms with E-state index in [1.165, 1.54) is 12.1 Å². The third kappa shape index (κ3) is 6.80. The van der Waals surface area contributed by atoms with Gasteiger partial charge in [0.2, 0.25) is 0 Å². The second-order valence-corrected chi connectivity index (χ2v) is 6.20. The number of nitrogens with one attached hydrogen (secondary N) is 2. The summed E-state index contributed by atoms with van der Waals surface area (Å²) in [5.74, 6) is 0.440. The molecule has 0 radical (unpaired) electrons. The van der Waals surface area contributed by atoms with Gasteiger partial charge in [0.1, 0.15) is 5.82 Å². The van der Waals surface area contributed by atoms with Crippen molar-refractivity contribution in [3.63, 3.8) is 0 Å². The van der Waals surface area contributed by atoms with Crippen LogP contribution in [0.2, 0.25) is 0 Å². The molecule has 0 aliphatic heterocycles. The highest BCUT2D eigenvalue weighted by molar-refractivity contribution is 7.80. The van der Waals surface area contributed by atoms with Crippen LogP contribution in [-0.2, 0) is 6.54 Å². The fourth-order valence-corrected chi connectivity index (χ4v) is 2.75. The molecule has 1 heterocycles. The number of hydrogen-bond donors (Lipinski definition) is 2. The number of thiocarbonyl (C=S) groups is 1. The highest BCUT2D eigenvalue weighted by atomic mass is 32.1. The third-order valence-electron chi connectivity index (χ3n) is 3.95. The summed E-state index contributed by atoms with van der Waals surface area (Å²) in [6, 6.07) is 8.37. The lowest BCUT2D eigenvalue weighted by atomic mass is 10.2. The zero-order valence-electron chi connectivity index (χ0n) is 14.8. The summed E-state index contributed by atoms with van der Waals surface area (Å²) < 4.78 is 15.0. The van der Waals surface area contributed by atoms with E-state index in [9.17, 15) is 4.39 Å². The van der Waals surface area contributed by atoms with Gasteiger partial charge < -0.3 is 15.5 Å². The van der Waals surface area contributed by atoms with E-state index in [2.05, 4.69) is 34.5 Å². The Labute approximate surface area is 154 Å². The SMILES string of the molecule is CCN(CC)CCCNC(=S)Nc1ccn(Cc2cccc(F)c2)n1. The Balaban J connectivity index is 1.74. The van der Waals surface area contributed by atoms with Crippen molar-refractivity contribution in [2.45, 2.75) is 26.8 Å². The van der Waals surface area contributed by atoms with Gasteiger partial charge in [-0.15, -0.1) is 0 Å². The topological polar surface area (TPSA) is 45.1 Å². The molecule has 0 amide bonds. The number of nitrogens with zero attached hydrogens (tertiary/aromatic N) is 3. The van der Waals surface area contributed by atoms with Crippen molar-refractivity contribution in [3.05, 3.63) is 47.9 Å². The van der Waals surface area contributed by atoms with Crippen molar-refractivity contribution in [3.8, 4) is 0 Å². The monoisotopic (exact) mass is 363 g/mol. The first-order valence-electron chi connectivity index (χ1n) is 8.65.